The monoisotopic (exact) mass is 446 g/mol. The summed E-state index contributed by atoms with van der Waals surface area (Å²) in [6, 6.07) is 11.1. The Labute approximate surface area is 178 Å². The van der Waals surface area contributed by atoms with E-state index in [-0.39, 0.29) is 0 Å². The fraction of sp³-hybridized carbons (Fsp3) is 0.238. The van der Waals surface area contributed by atoms with Gasteiger partial charge in [0.05, 0.1) is 5.52 Å². The van der Waals surface area contributed by atoms with Gasteiger partial charge >= 0.3 is 0 Å². The first-order chi connectivity index (χ1) is 13.9. The summed E-state index contributed by atoms with van der Waals surface area (Å²) in [5.41, 5.74) is 2.42. The molecule has 29 heavy (non-hydrogen) atoms. The molecule has 0 atom stereocenters. The van der Waals surface area contributed by atoms with E-state index >= 15 is 0 Å². The van der Waals surface area contributed by atoms with Gasteiger partial charge in [-0.25, -0.2) is 3.97 Å². The van der Waals surface area contributed by atoms with E-state index in [1.54, 1.807) is 12.3 Å². The van der Waals surface area contributed by atoms with Crippen molar-refractivity contribution in [2.45, 2.75) is 17.7 Å². The Kier molecular flexibility index (Phi) is 4.40. The second kappa shape index (κ2) is 6.74. The van der Waals surface area contributed by atoms with Crippen LogP contribution < -0.4 is 4.74 Å². The van der Waals surface area contributed by atoms with Crippen LogP contribution in [0.5, 0.6) is 5.75 Å². The fourth-order valence-corrected chi connectivity index (χ4v) is 7.25. The first-order valence-electron chi connectivity index (χ1n) is 9.25. The molecule has 5 rings (SSSR count). The Bertz CT molecular complexity index is 1370. The average molecular weight is 447 g/mol. The number of halogens is 1. The van der Waals surface area contributed by atoms with Gasteiger partial charge in [0, 0.05) is 40.0 Å². The minimum atomic E-state index is -3.74. The molecule has 5 nitrogen and oxygen atoms in total. The van der Waals surface area contributed by atoms with Crippen LogP contribution in [-0.4, -0.2) is 37.5 Å². The first-order valence-corrected chi connectivity index (χ1v) is 11.9. The number of hydrogen-bond donors (Lipinski definition) is 0. The van der Waals surface area contributed by atoms with Gasteiger partial charge in [0.25, 0.3) is 10.0 Å². The molecule has 0 saturated heterocycles. The second-order valence-electron chi connectivity index (χ2n) is 7.33. The maximum absolute atomic E-state index is 13.6. The number of aryl methyl sites for hydroxylation is 1. The van der Waals surface area contributed by atoms with Gasteiger partial charge in [0.2, 0.25) is 0 Å². The van der Waals surface area contributed by atoms with Gasteiger partial charge in [-0.3, -0.25) is 4.90 Å². The Morgan fingerprint density at radius 3 is 2.79 bits per heavy atom. The van der Waals surface area contributed by atoms with Crippen molar-refractivity contribution in [3.63, 3.8) is 0 Å². The van der Waals surface area contributed by atoms with Crippen LogP contribution in [0.2, 0.25) is 5.02 Å². The molecular formula is C21H19ClN2O3S2. The summed E-state index contributed by atoms with van der Waals surface area (Å²) in [5.74, 6) is 0.824. The Balaban J connectivity index is 1.71. The van der Waals surface area contributed by atoms with Gasteiger partial charge in [-0.15, -0.1) is 11.3 Å². The van der Waals surface area contributed by atoms with Gasteiger partial charge < -0.3 is 4.74 Å². The number of benzene rings is 2. The zero-order chi connectivity index (χ0) is 20.3. The molecule has 2 aromatic carbocycles. The quantitative estimate of drug-likeness (QED) is 0.440. The van der Waals surface area contributed by atoms with Crippen LogP contribution in [0.4, 0.5) is 0 Å². The molecule has 0 spiro atoms. The lowest BCUT2D eigenvalue weighted by Gasteiger charge is -2.13. The number of ether oxygens (including phenoxy) is 1. The van der Waals surface area contributed by atoms with Crippen molar-refractivity contribution >= 4 is 54.0 Å². The van der Waals surface area contributed by atoms with Crippen molar-refractivity contribution in [2.75, 3.05) is 20.2 Å². The van der Waals surface area contributed by atoms with E-state index in [0.29, 0.717) is 21.4 Å². The highest BCUT2D eigenvalue weighted by Crippen LogP contribution is 2.38. The van der Waals surface area contributed by atoms with Crippen LogP contribution in [0, 0.1) is 6.92 Å². The standard InChI is InChI=1S/C21H19ClN2O3S2/c1-13-16-11-14(22)3-6-20(16)28-21(13)29(25,26)24-8-7-15-17-12-23(2)9-10-27-19(17)5-4-18(15)24/h3-8,11H,9-10,12H2,1-2H3. The summed E-state index contributed by atoms with van der Waals surface area (Å²) in [6.07, 6.45) is 1.64. The van der Waals surface area contributed by atoms with Crippen LogP contribution in [0.25, 0.3) is 21.0 Å². The number of aromatic nitrogens is 1. The minimum absolute atomic E-state index is 0.343. The number of rotatable bonds is 2. The normalized spacial score (nSPS) is 15.4. The van der Waals surface area contributed by atoms with Crippen molar-refractivity contribution in [3.05, 3.63) is 58.7 Å². The Morgan fingerprint density at radius 1 is 1.14 bits per heavy atom. The summed E-state index contributed by atoms with van der Waals surface area (Å²) in [4.78, 5) is 2.18. The zero-order valence-corrected chi connectivity index (χ0v) is 18.4. The smallest absolute Gasteiger partial charge is 0.277 e. The van der Waals surface area contributed by atoms with Gasteiger partial charge in [-0.05, 0) is 61.3 Å². The largest absolute Gasteiger partial charge is 0.492 e. The van der Waals surface area contributed by atoms with Crippen LogP contribution in [0.15, 0.2) is 46.8 Å². The van der Waals surface area contributed by atoms with E-state index in [0.717, 1.165) is 45.4 Å². The number of likely N-dealkylation sites (N-methyl/N-ethyl adjacent to an activating group) is 1. The van der Waals surface area contributed by atoms with E-state index in [1.165, 1.54) is 15.3 Å². The van der Waals surface area contributed by atoms with Crippen molar-refractivity contribution < 1.29 is 13.2 Å². The summed E-state index contributed by atoms with van der Waals surface area (Å²) in [7, 11) is -1.70. The van der Waals surface area contributed by atoms with Crippen LogP contribution in [0.1, 0.15) is 11.1 Å². The van der Waals surface area contributed by atoms with Gasteiger partial charge in [-0.2, -0.15) is 8.42 Å². The van der Waals surface area contributed by atoms with Crippen molar-refractivity contribution in [1.29, 1.82) is 0 Å². The number of fused-ring (bicyclic) bond motifs is 4. The van der Waals surface area contributed by atoms with E-state index in [2.05, 4.69) is 4.90 Å². The molecule has 0 radical (unpaired) electrons. The molecule has 2 aromatic heterocycles. The lowest BCUT2D eigenvalue weighted by atomic mass is 10.1. The highest BCUT2D eigenvalue weighted by Gasteiger charge is 2.26. The summed E-state index contributed by atoms with van der Waals surface area (Å²) >= 11 is 7.40. The second-order valence-corrected chi connectivity index (χ2v) is 10.8. The maximum Gasteiger partial charge on any atom is 0.277 e. The molecule has 0 amide bonds. The molecule has 4 aromatic rings. The van der Waals surface area contributed by atoms with E-state index in [9.17, 15) is 8.42 Å². The molecule has 8 heteroatoms. The Morgan fingerprint density at radius 2 is 1.97 bits per heavy atom. The molecule has 3 heterocycles. The molecular weight excluding hydrogens is 428 g/mol. The topological polar surface area (TPSA) is 51.5 Å². The van der Waals surface area contributed by atoms with E-state index in [1.807, 2.05) is 44.3 Å². The lowest BCUT2D eigenvalue weighted by Crippen LogP contribution is -2.20. The average Bonchev–Trinajstić information content (AvgIpc) is 3.20. The summed E-state index contributed by atoms with van der Waals surface area (Å²) in [5, 5.41) is 2.38. The molecule has 0 aliphatic carbocycles. The van der Waals surface area contributed by atoms with Crippen LogP contribution in [0.3, 0.4) is 0 Å². The Hall–Kier alpha value is -2.06. The fourth-order valence-electron chi connectivity index (χ4n) is 3.91. The zero-order valence-electron chi connectivity index (χ0n) is 16.0. The van der Waals surface area contributed by atoms with Crippen LogP contribution in [-0.2, 0) is 16.6 Å². The lowest BCUT2D eigenvalue weighted by molar-refractivity contribution is 0.259. The van der Waals surface area contributed by atoms with Gasteiger partial charge in [0.1, 0.15) is 16.6 Å². The molecule has 0 unspecified atom stereocenters. The van der Waals surface area contributed by atoms with Gasteiger partial charge in [0.15, 0.2) is 0 Å². The maximum atomic E-state index is 13.6. The molecule has 0 saturated carbocycles. The third-order valence-corrected chi connectivity index (χ3v) is 9.21. The third-order valence-electron chi connectivity index (χ3n) is 5.41. The van der Waals surface area contributed by atoms with Crippen molar-refractivity contribution in [3.8, 4) is 5.75 Å². The highest BCUT2D eigenvalue weighted by atomic mass is 35.5. The van der Waals surface area contributed by atoms with Crippen molar-refractivity contribution in [2.24, 2.45) is 0 Å². The molecule has 0 N–H and O–H groups in total. The van der Waals surface area contributed by atoms with E-state index in [4.69, 9.17) is 16.3 Å². The van der Waals surface area contributed by atoms with Gasteiger partial charge in [-0.1, -0.05) is 11.6 Å². The van der Waals surface area contributed by atoms with E-state index < -0.39 is 10.0 Å². The van der Waals surface area contributed by atoms with Crippen LogP contribution >= 0.6 is 22.9 Å². The predicted octanol–water partition coefficient (Wildman–Crippen LogP) is 4.88. The molecule has 0 bridgehead atoms. The molecule has 1 aliphatic heterocycles. The summed E-state index contributed by atoms with van der Waals surface area (Å²) < 4.78 is 35.7. The molecule has 0 fully saturated rings. The number of hydrogen-bond acceptors (Lipinski definition) is 5. The minimum Gasteiger partial charge on any atom is -0.492 e. The summed E-state index contributed by atoms with van der Waals surface area (Å²) in [6.45, 7) is 4.01. The highest BCUT2D eigenvalue weighted by molar-refractivity contribution is 7.92. The first kappa shape index (κ1) is 18.9. The number of nitrogens with zero attached hydrogens (tertiary/aromatic N) is 2. The predicted molar refractivity (Wildman–Crippen MR) is 118 cm³/mol. The SMILES string of the molecule is Cc1c(S(=O)(=O)n2ccc3c4c(ccc32)OCCN(C)C4)sc2ccc(Cl)cc12. The third kappa shape index (κ3) is 2.95. The molecule has 150 valence electrons. The number of thiophene rings is 1. The van der Waals surface area contributed by atoms with Crippen molar-refractivity contribution in [1.82, 2.24) is 8.87 Å². The molecule has 1 aliphatic rings.